The lowest BCUT2D eigenvalue weighted by atomic mass is 9.89. The zero-order valence-corrected chi connectivity index (χ0v) is 30.0. The Labute approximate surface area is 302 Å². The summed E-state index contributed by atoms with van der Waals surface area (Å²) in [5.74, 6) is 0.960. The molecule has 0 radical (unpaired) electrons. The number of nitrogens with zero attached hydrogens (tertiary/aromatic N) is 6. The van der Waals surface area contributed by atoms with Gasteiger partial charge in [0.15, 0.2) is 5.82 Å². The first kappa shape index (κ1) is 35.7. The molecule has 3 saturated heterocycles. The number of terminal acetylenes is 1. The average Bonchev–Trinajstić information content (AvgIpc) is 3.78. The van der Waals surface area contributed by atoms with Crippen LogP contribution < -0.4 is 9.64 Å². The van der Waals surface area contributed by atoms with Crippen molar-refractivity contribution in [2.24, 2.45) is 0 Å². The fraction of sp³-hybridized carbons (Fsp3) is 0.450. The van der Waals surface area contributed by atoms with Crippen LogP contribution in [0.25, 0.3) is 32.9 Å². The Hall–Kier alpha value is -4.70. The van der Waals surface area contributed by atoms with Gasteiger partial charge in [0.2, 0.25) is 5.91 Å². The summed E-state index contributed by atoms with van der Waals surface area (Å²) >= 11 is 0. The number of carbonyl (C=O) groups excluding carboxylic acids is 1. The Kier molecular flexibility index (Phi) is 8.96. The molecule has 10 nitrogen and oxygen atoms in total. The van der Waals surface area contributed by atoms with E-state index in [1.54, 1.807) is 49.8 Å². The van der Waals surface area contributed by atoms with Gasteiger partial charge in [-0.15, -0.1) is 6.42 Å². The molecule has 2 atom stereocenters. The summed E-state index contributed by atoms with van der Waals surface area (Å²) in [6, 6.07) is 5.42. The number of aliphatic hydroxyl groups is 2. The molecule has 7 rings (SSSR count). The average molecular weight is 711 g/mol. The largest absolute Gasteiger partial charge is 0.461 e. The van der Waals surface area contributed by atoms with Gasteiger partial charge >= 0.3 is 6.01 Å². The highest BCUT2D eigenvalue weighted by molar-refractivity contribution is 6.02. The molecule has 2 N–H and O–H groups in total. The van der Waals surface area contributed by atoms with Gasteiger partial charge in [-0.05, 0) is 101 Å². The number of likely N-dealkylation sites (tertiary alicyclic amines) is 1. The number of hydrogen-bond donors (Lipinski definition) is 2. The second-order valence-electron chi connectivity index (χ2n) is 15.2. The third-order valence-corrected chi connectivity index (χ3v) is 11.3. The van der Waals surface area contributed by atoms with Crippen molar-refractivity contribution in [3.8, 4) is 29.6 Å². The first-order valence-corrected chi connectivity index (χ1v) is 17.7. The van der Waals surface area contributed by atoms with Gasteiger partial charge in [-0.3, -0.25) is 14.7 Å². The van der Waals surface area contributed by atoms with E-state index in [0.29, 0.717) is 36.3 Å². The topological polar surface area (TPSA) is 115 Å². The van der Waals surface area contributed by atoms with Crippen LogP contribution in [0.3, 0.4) is 0 Å². The minimum Gasteiger partial charge on any atom is -0.461 e. The molecule has 12 heteroatoms. The van der Waals surface area contributed by atoms with Crippen molar-refractivity contribution in [3.05, 3.63) is 65.9 Å². The van der Waals surface area contributed by atoms with E-state index in [9.17, 15) is 15.0 Å². The van der Waals surface area contributed by atoms with E-state index in [1.807, 2.05) is 0 Å². The second kappa shape index (κ2) is 13.1. The van der Waals surface area contributed by atoms with Crippen molar-refractivity contribution in [2.45, 2.75) is 75.7 Å². The molecule has 52 heavy (non-hydrogen) atoms. The number of benzene rings is 2. The van der Waals surface area contributed by atoms with Crippen molar-refractivity contribution in [1.29, 1.82) is 0 Å². The summed E-state index contributed by atoms with van der Waals surface area (Å²) in [5.41, 5.74) is -2.27. The third kappa shape index (κ3) is 6.04. The normalized spacial score (nSPS) is 21.4. The van der Waals surface area contributed by atoms with Crippen LogP contribution in [0.4, 0.5) is 14.6 Å². The lowest BCUT2D eigenvalue weighted by Gasteiger charge is -2.35. The van der Waals surface area contributed by atoms with E-state index in [1.165, 1.54) is 24.4 Å². The number of likely N-dealkylation sites (N-methyl/N-ethyl adjacent to an activating group) is 1. The number of fused-ring (bicyclic) bond motifs is 3. The van der Waals surface area contributed by atoms with Crippen molar-refractivity contribution in [2.75, 3.05) is 44.7 Å². The maximum absolute atomic E-state index is 17.2. The van der Waals surface area contributed by atoms with Gasteiger partial charge in [0.05, 0.1) is 33.7 Å². The highest BCUT2D eigenvalue weighted by Crippen LogP contribution is 2.41. The number of carbonyl (C=O) groups is 1. The van der Waals surface area contributed by atoms with Crippen LogP contribution in [-0.4, -0.2) is 97.9 Å². The Morgan fingerprint density at radius 3 is 2.60 bits per heavy atom. The Morgan fingerprint density at radius 1 is 1.19 bits per heavy atom. The van der Waals surface area contributed by atoms with Crippen LogP contribution in [-0.2, 0) is 10.4 Å². The number of ether oxygens (including phenoxy) is 1. The van der Waals surface area contributed by atoms with Gasteiger partial charge in [0.1, 0.15) is 29.5 Å². The van der Waals surface area contributed by atoms with Crippen LogP contribution in [0.15, 0.2) is 43.1 Å². The summed E-state index contributed by atoms with van der Waals surface area (Å²) in [6.07, 6.45) is 12.9. The highest BCUT2D eigenvalue weighted by atomic mass is 19.1. The van der Waals surface area contributed by atoms with E-state index < -0.39 is 28.9 Å². The molecular weight excluding hydrogens is 666 g/mol. The van der Waals surface area contributed by atoms with E-state index in [0.717, 1.165) is 38.8 Å². The first-order valence-electron chi connectivity index (χ1n) is 17.7. The molecule has 0 aliphatic carbocycles. The van der Waals surface area contributed by atoms with Gasteiger partial charge < -0.3 is 24.7 Å². The highest BCUT2D eigenvalue weighted by Gasteiger charge is 2.46. The maximum atomic E-state index is 17.2. The Morgan fingerprint density at radius 2 is 1.92 bits per heavy atom. The predicted octanol–water partition coefficient (Wildman–Crippen LogP) is 5.31. The van der Waals surface area contributed by atoms with Crippen LogP contribution in [0.1, 0.15) is 64.0 Å². The quantitative estimate of drug-likeness (QED) is 0.176. The number of rotatable bonds is 9. The zero-order valence-electron chi connectivity index (χ0n) is 30.0. The summed E-state index contributed by atoms with van der Waals surface area (Å²) in [5, 5.41) is 23.4. The lowest BCUT2D eigenvalue weighted by molar-refractivity contribution is -0.128. The van der Waals surface area contributed by atoms with Crippen molar-refractivity contribution in [3.63, 3.8) is 0 Å². The van der Waals surface area contributed by atoms with Crippen LogP contribution >= 0.6 is 0 Å². The maximum Gasteiger partial charge on any atom is 0.319 e. The number of amides is 1. The number of anilines is 1. The van der Waals surface area contributed by atoms with Crippen molar-refractivity contribution in [1.82, 2.24) is 24.8 Å². The minimum atomic E-state index is -1.32. The van der Waals surface area contributed by atoms with Crippen LogP contribution in [0.2, 0.25) is 0 Å². The molecule has 0 saturated carbocycles. The summed E-state index contributed by atoms with van der Waals surface area (Å²) in [4.78, 5) is 32.5. The van der Waals surface area contributed by atoms with E-state index in [-0.39, 0.29) is 57.1 Å². The van der Waals surface area contributed by atoms with E-state index in [2.05, 4.69) is 27.4 Å². The lowest BCUT2D eigenvalue weighted by Crippen LogP contribution is -2.51. The van der Waals surface area contributed by atoms with E-state index in [4.69, 9.17) is 16.1 Å². The number of pyridine rings is 1. The molecular formula is C40H44F2N6O4. The minimum absolute atomic E-state index is 0.0267. The fourth-order valence-electron chi connectivity index (χ4n) is 8.37. The van der Waals surface area contributed by atoms with Crippen molar-refractivity contribution < 1.29 is 28.5 Å². The molecule has 272 valence electrons. The molecule has 0 spiro atoms. The van der Waals surface area contributed by atoms with Crippen molar-refractivity contribution >= 4 is 33.4 Å². The third-order valence-electron chi connectivity index (χ3n) is 11.3. The molecule has 5 heterocycles. The van der Waals surface area contributed by atoms with Gasteiger partial charge in [0.25, 0.3) is 0 Å². The zero-order chi connectivity index (χ0) is 37.2. The molecule has 4 aromatic rings. The Bertz CT molecular complexity index is 2130. The molecule has 3 aliphatic rings. The standard InChI is InChI=1S/C40H44F2N6O4/c1-7-26-29(41)12-11-24-19-25(38(3,4)50)20-27(32(24)26)34-33(42)35-28(21-43-34)36(46(6)22-30-39(5,51)15-18-48(30)31(49)8-2)45-37(44-35)52-23-40-13-9-16-47(40)17-10-14-40/h1,8,11-12,19-21,30,50-51H,2,9-10,13-18,22-23H2,3-6H3/t30-,39?/m1/s1. The molecule has 1 amide bonds. The number of hydrogen-bond acceptors (Lipinski definition) is 9. The molecule has 3 fully saturated rings. The van der Waals surface area contributed by atoms with Crippen LogP contribution in [0.5, 0.6) is 6.01 Å². The molecule has 0 bridgehead atoms. The van der Waals surface area contributed by atoms with E-state index >= 15 is 8.78 Å². The van der Waals surface area contributed by atoms with Gasteiger partial charge in [0, 0.05) is 37.3 Å². The second-order valence-corrected chi connectivity index (χ2v) is 15.2. The van der Waals surface area contributed by atoms with Gasteiger partial charge in [-0.2, -0.15) is 9.97 Å². The SMILES string of the molecule is C#Cc1c(F)ccc2cc(C(C)(C)O)cc(-c3ncc4c(N(C)C[C@H]5N(C(=O)C=C)CCC5(C)O)nc(OCC56CCCN5CCC6)nc4c3F)c12. The summed E-state index contributed by atoms with van der Waals surface area (Å²) < 4.78 is 38.7. The monoisotopic (exact) mass is 710 g/mol. The predicted molar refractivity (Wildman–Crippen MR) is 196 cm³/mol. The number of halogens is 2. The Balaban J connectivity index is 1.39. The molecule has 1 unspecified atom stereocenters. The molecule has 2 aromatic carbocycles. The fourth-order valence-corrected chi connectivity index (χ4v) is 8.37. The van der Waals surface area contributed by atoms with Gasteiger partial charge in [-0.1, -0.05) is 18.6 Å². The number of aromatic nitrogens is 3. The van der Waals surface area contributed by atoms with Gasteiger partial charge in [-0.25, -0.2) is 8.78 Å². The molecule has 3 aliphatic heterocycles. The summed E-state index contributed by atoms with van der Waals surface area (Å²) in [7, 11) is 1.75. The van der Waals surface area contributed by atoms with Crippen LogP contribution in [0, 0.1) is 24.0 Å². The smallest absolute Gasteiger partial charge is 0.319 e. The first-order chi connectivity index (χ1) is 24.7. The summed E-state index contributed by atoms with van der Waals surface area (Å²) in [6.45, 7) is 11.4. The molecule has 2 aromatic heterocycles.